The highest BCUT2D eigenvalue weighted by atomic mass is 16.5. The van der Waals surface area contributed by atoms with Gasteiger partial charge in [-0.1, -0.05) is 0 Å². The van der Waals surface area contributed by atoms with Crippen molar-refractivity contribution in [1.82, 2.24) is 5.32 Å². The van der Waals surface area contributed by atoms with E-state index in [1.165, 1.54) is 7.11 Å². The average Bonchev–Trinajstić information content (AvgIpc) is 2.47. The molecule has 6 heteroatoms. The highest BCUT2D eigenvalue weighted by Gasteiger charge is 2.14. The second kappa shape index (κ2) is 8.04. The average molecular weight is 281 g/mol. The summed E-state index contributed by atoms with van der Waals surface area (Å²) in [6.07, 6.45) is -0.515. The summed E-state index contributed by atoms with van der Waals surface area (Å²) in [7, 11) is 2.88. The van der Waals surface area contributed by atoms with Crippen LogP contribution in [0.15, 0.2) is 24.3 Å². The molecule has 1 atom stereocenters. The van der Waals surface area contributed by atoms with Crippen LogP contribution in [-0.4, -0.2) is 38.7 Å². The van der Waals surface area contributed by atoms with Gasteiger partial charge < -0.3 is 19.5 Å². The zero-order valence-corrected chi connectivity index (χ0v) is 11.8. The summed E-state index contributed by atoms with van der Waals surface area (Å²) in [4.78, 5) is 22.6. The lowest BCUT2D eigenvalue weighted by Crippen LogP contribution is -2.37. The molecule has 0 aromatic heterocycles. The maximum atomic E-state index is 11.7. The maximum Gasteiger partial charge on any atom is 0.307 e. The molecule has 1 amide bonds. The van der Waals surface area contributed by atoms with Crippen molar-refractivity contribution in [1.29, 1.82) is 0 Å². The van der Waals surface area contributed by atoms with Crippen LogP contribution in [0.2, 0.25) is 0 Å². The van der Waals surface area contributed by atoms with E-state index in [2.05, 4.69) is 10.1 Å². The van der Waals surface area contributed by atoms with Gasteiger partial charge >= 0.3 is 5.97 Å². The Bertz CT molecular complexity index is 443. The first-order valence-corrected chi connectivity index (χ1v) is 6.22. The SMILES string of the molecule is COC(=O)CCNC(=O)C(C)Oc1ccc(OC)cc1. The quantitative estimate of drug-likeness (QED) is 0.759. The standard InChI is InChI=1S/C14H19NO5/c1-10(14(17)15-9-8-13(16)19-3)20-12-6-4-11(18-2)5-7-12/h4-7,10H,8-9H2,1-3H3,(H,15,17). The number of nitrogens with one attached hydrogen (secondary N) is 1. The second-order valence-corrected chi connectivity index (χ2v) is 4.05. The van der Waals surface area contributed by atoms with Crippen LogP contribution in [0.3, 0.4) is 0 Å². The van der Waals surface area contributed by atoms with Crippen molar-refractivity contribution in [3.05, 3.63) is 24.3 Å². The van der Waals surface area contributed by atoms with Crippen LogP contribution in [0.1, 0.15) is 13.3 Å². The number of methoxy groups -OCH3 is 2. The van der Waals surface area contributed by atoms with Crippen molar-refractivity contribution in [2.24, 2.45) is 0 Å². The Labute approximate surface area is 118 Å². The number of carbonyl (C=O) groups is 2. The van der Waals surface area contributed by atoms with Gasteiger partial charge in [-0.2, -0.15) is 0 Å². The fraction of sp³-hybridized carbons (Fsp3) is 0.429. The molecule has 6 nitrogen and oxygen atoms in total. The largest absolute Gasteiger partial charge is 0.497 e. The first kappa shape index (κ1) is 15.8. The van der Waals surface area contributed by atoms with Crippen LogP contribution in [0.25, 0.3) is 0 Å². The van der Waals surface area contributed by atoms with E-state index in [9.17, 15) is 9.59 Å². The molecular formula is C14H19NO5. The Morgan fingerprint density at radius 1 is 1.15 bits per heavy atom. The molecular weight excluding hydrogens is 262 g/mol. The molecule has 0 heterocycles. The predicted molar refractivity (Wildman–Crippen MR) is 72.7 cm³/mol. The lowest BCUT2D eigenvalue weighted by molar-refractivity contribution is -0.140. The van der Waals surface area contributed by atoms with Gasteiger partial charge in [-0.3, -0.25) is 9.59 Å². The smallest absolute Gasteiger partial charge is 0.307 e. The van der Waals surface area contributed by atoms with Gasteiger partial charge in [-0.15, -0.1) is 0 Å². The molecule has 20 heavy (non-hydrogen) atoms. The first-order chi connectivity index (χ1) is 9.56. The highest BCUT2D eigenvalue weighted by Crippen LogP contribution is 2.18. The molecule has 0 spiro atoms. The lowest BCUT2D eigenvalue weighted by Gasteiger charge is -2.14. The topological polar surface area (TPSA) is 73.9 Å². The first-order valence-electron chi connectivity index (χ1n) is 6.22. The summed E-state index contributed by atoms with van der Waals surface area (Å²) in [6.45, 7) is 1.86. The maximum absolute atomic E-state index is 11.7. The molecule has 1 N–H and O–H groups in total. The summed E-state index contributed by atoms with van der Waals surface area (Å²) in [5, 5.41) is 2.60. The minimum atomic E-state index is -0.652. The van der Waals surface area contributed by atoms with Gasteiger partial charge in [0.1, 0.15) is 11.5 Å². The minimum Gasteiger partial charge on any atom is -0.497 e. The molecule has 0 aliphatic carbocycles. The molecule has 110 valence electrons. The van der Waals surface area contributed by atoms with Crippen molar-refractivity contribution in [2.45, 2.75) is 19.4 Å². The Hall–Kier alpha value is -2.24. The molecule has 0 saturated carbocycles. The summed E-state index contributed by atoms with van der Waals surface area (Å²) >= 11 is 0. The number of hydrogen-bond donors (Lipinski definition) is 1. The molecule has 1 unspecified atom stereocenters. The molecule has 0 saturated heterocycles. The number of benzene rings is 1. The van der Waals surface area contributed by atoms with Crippen molar-refractivity contribution in [3.8, 4) is 11.5 Å². The van der Waals surface area contributed by atoms with Crippen molar-refractivity contribution >= 4 is 11.9 Å². The van der Waals surface area contributed by atoms with Crippen LogP contribution >= 0.6 is 0 Å². The molecule has 0 fully saturated rings. The van der Waals surface area contributed by atoms with E-state index in [-0.39, 0.29) is 24.8 Å². The van der Waals surface area contributed by atoms with E-state index in [1.54, 1.807) is 38.3 Å². The van der Waals surface area contributed by atoms with E-state index < -0.39 is 6.10 Å². The lowest BCUT2D eigenvalue weighted by atomic mass is 10.3. The van der Waals surface area contributed by atoms with E-state index in [0.717, 1.165) is 0 Å². The zero-order chi connectivity index (χ0) is 15.0. The van der Waals surface area contributed by atoms with Gasteiger partial charge in [0.15, 0.2) is 6.10 Å². The van der Waals surface area contributed by atoms with Gasteiger partial charge in [0.05, 0.1) is 20.6 Å². The number of hydrogen-bond acceptors (Lipinski definition) is 5. The third kappa shape index (κ3) is 5.17. The summed E-state index contributed by atoms with van der Waals surface area (Å²) in [5.41, 5.74) is 0. The fourth-order valence-corrected chi connectivity index (χ4v) is 1.45. The van der Waals surface area contributed by atoms with Crippen LogP contribution in [0, 0.1) is 0 Å². The molecule has 1 aromatic rings. The molecule has 0 radical (unpaired) electrons. The minimum absolute atomic E-state index is 0.136. The molecule has 1 rings (SSSR count). The van der Waals surface area contributed by atoms with Crippen LogP contribution in [0.5, 0.6) is 11.5 Å². The van der Waals surface area contributed by atoms with Gasteiger partial charge in [0, 0.05) is 6.54 Å². The van der Waals surface area contributed by atoms with Crippen molar-refractivity contribution in [3.63, 3.8) is 0 Å². The van der Waals surface area contributed by atoms with Gasteiger partial charge in [-0.25, -0.2) is 0 Å². The summed E-state index contributed by atoms with van der Waals surface area (Å²) in [5.74, 6) is 0.632. The van der Waals surface area contributed by atoms with Gasteiger partial charge in [-0.05, 0) is 31.2 Å². The van der Waals surface area contributed by atoms with E-state index in [4.69, 9.17) is 9.47 Å². The van der Waals surface area contributed by atoms with E-state index in [1.807, 2.05) is 0 Å². The Balaban J connectivity index is 2.38. The molecule has 0 aliphatic heterocycles. The summed E-state index contributed by atoms with van der Waals surface area (Å²) < 4.78 is 15.0. The van der Waals surface area contributed by atoms with Gasteiger partial charge in [0.25, 0.3) is 5.91 Å². The number of amides is 1. The molecule has 1 aromatic carbocycles. The van der Waals surface area contributed by atoms with Crippen LogP contribution < -0.4 is 14.8 Å². The Kier molecular flexibility index (Phi) is 6.36. The number of rotatable bonds is 7. The third-order valence-electron chi connectivity index (χ3n) is 2.60. The number of esters is 1. The van der Waals surface area contributed by atoms with E-state index in [0.29, 0.717) is 11.5 Å². The molecule has 0 bridgehead atoms. The highest BCUT2D eigenvalue weighted by molar-refractivity contribution is 5.81. The Morgan fingerprint density at radius 2 is 1.75 bits per heavy atom. The number of carbonyl (C=O) groups excluding carboxylic acids is 2. The van der Waals surface area contributed by atoms with Crippen LogP contribution in [-0.2, 0) is 14.3 Å². The molecule has 0 aliphatic rings. The van der Waals surface area contributed by atoms with Crippen LogP contribution in [0.4, 0.5) is 0 Å². The van der Waals surface area contributed by atoms with Crippen molar-refractivity contribution in [2.75, 3.05) is 20.8 Å². The van der Waals surface area contributed by atoms with Crippen molar-refractivity contribution < 1.29 is 23.8 Å². The summed E-state index contributed by atoms with van der Waals surface area (Å²) in [6, 6.07) is 6.93. The zero-order valence-electron chi connectivity index (χ0n) is 11.8. The van der Waals surface area contributed by atoms with E-state index >= 15 is 0 Å². The predicted octanol–water partition coefficient (Wildman–Crippen LogP) is 1.14. The monoisotopic (exact) mass is 281 g/mol. The van der Waals surface area contributed by atoms with Gasteiger partial charge in [0.2, 0.25) is 0 Å². The normalized spacial score (nSPS) is 11.3. The number of ether oxygens (including phenoxy) is 3. The fourth-order valence-electron chi connectivity index (χ4n) is 1.45. The third-order valence-corrected chi connectivity index (χ3v) is 2.60. The Morgan fingerprint density at radius 3 is 2.30 bits per heavy atom. The second-order valence-electron chi connectivity index (χ2n) is 4.05.